The smallest absolute Gasteiger partial charge is 0.107 e. The van der Waals surface area contributed by atoms with Gasteiger partial charge >= 0.3 is 0 Å². The van der Waals surface area contributed by atoms with Crippen LogP contribution in [0.4, 0.5) is 0 Å². The van der Waals surface area contributed by atoms with Crippen LogP contribution in [0.1, 0.15) is 0 Å². The summed E-state index contributed by atoms with van der Waals surface area (Å²) in [5.41, 5.74) is 5.44. The molecule has 6 nitrogen and oxygen atoms in total. The first-order valence-corrected chi connectivity index (χ1v) is 5.85. The molecule has 0 fully saturated rings. The lowest BCUT2D eigenvalue weighted by Gasteiger charge is -2.06. The molecule has 0 aromatic carbocycles. The summed E-state index contributed by atoms with van der Waals surface area (Å²) < 4.78 is 19.2. The zero-order valence-corrected chi connectivity index (χ0v) is 12.4. The van der Waals surface area contributed by atoms with Gasteiger partial charge in [0.15, 0.2) is 0 Å². The van der Waals surface area contributed by atoms with Gasteiger partial charge in [0.05, 0.1) is 37.6 Å². The van der Waals surface area contributed by atoms with E-state index < -0.39 is 0 Å². The van der Waals surface area contributed by atoms with Crippen molar-refractivity contribution < 1.29 is 18.9 Å². The molecule has 0 aliphatic rings. The predicted octanol–water partition coefficient (Wildman–Crippen LogP) is 0.357. The molecule has 0 rings (SSSR count). The van der Waals surface area contributed by atoms with Crippen LogP contribution in [0.15, 0.2) is 4.99 Å². The third-order valence-corrected chi connectivity index (χ3v) is 1.82. The molecule has 0 radical (unpaired) electrons. The number of rotatable bonds is 9. The zero-order chi connectivity index (χ0) is 14.2. The van der Waals surface area contributed by atoms with Crippen molar-refractivity contribution >= 4 is 17.4 Å². The van der Waals surface area contributed by atoms with Gasteiger partial charge in [-0.25, -0.2) is 4.99 Å². The molecule has 0 aromatic rings. The zero-order valence-electron chi connectivity index (χ0n) is 11.5. The van der Waals surface area contributed by atoms with Crippen molar-refractivity contribution in [2.45, 2.75) is 12.1 Å². The van der Waals surface area contributed by atoms with E-state index >= 15 is 0 Å². The van der Waals surface area contributed by atoms with Gasteiger partial charge in [-0.1, -0.05) is 0 Å². The van der Waals surface area contributed by atoms with Gasteiger partial charge in [0, 0.05) is 28.4 Å². The Bertz CT molecular complexity index is 201. The fourth-order valence-corrected chi connectivity index (χ4v) is 1.21. The number of nitrogens with two attached hydrogens (primary N) is 1. The Morgan fingerprint density at radius 1 is 0.944 bits per heavy atom. The van der Waals surface area contributed by atoms with Gasteiger partial charge in [0.2, 0.25) is 0 Å². The molecule has 0 aliphatic heterocycles. The second-order valence-electron chi connectivity index (χ2n) is 3.46. The molecule has 0 saturated heterocycles. The van der Waals surface area contributed by atoms with Crippen molar-refractivity contribution in [1.29, 1.82) is 0 Å². The second-order valence-corrected chi connectivity index (χ2v) is 3.64. The third kappa shape index (κ3) is 15.6. The van der Waals surface area contributed by atoms with Crippen LogP contribution < -0.4 is 5.73 Å². The highest BCUT2D eigenvalue weighted by Gasteiger charge is 2.03. The van der Waals surface area contributed by atoms with Crippen LogP contribution in [0.2, 0.25) is 0 Å². The first kappa shape index (κ1) is 19.9. The van der Waals surface area contributed by atoms with Crippen molar-refractivity contribution in [2.75, 3.05) is 54.9 Å². The van der Waals surface area contributed by atoms with Gasteiger partial charge in [-0.3, -0.25) is 0 Å². The molecular weight excluding hydrogens is 256 g/mol. The molecule has 0 unspecified atom stereocenters. The van der Waals surface area contributed by atoms with Crippen LogP contribution in [0.3, 0.4) is 0 Å². The number of hydrogen-bond acceptors (Lipinski definition) is 7. The first-order chi connectivity index (χ1) is 8.65. The standard InChI is InChI=1S/C6H11NO2S.C5H13NO2/c1-8-3-6(4-9-2)7-5-10;1-7-3-5(6)4-8-2/h6H,3-4H2,1-2H3;5H,3-4,6H2,1-2H3. The first-order valence-electron chi connectivity index (χ1n) is 5.44. The molecule has 7 heteroatoms. The molecule has 0 heterocycles. The number of methoxy groups -OCH3 is 4. The van der Waals surface area contributed by atoms with E-state index in [0.717, 1.165) is 0 Å². The Morgan fingerprint density at radius 2 is 1.33 bits per heavy atom. The normalized spacial score (nSPS) is 9.94. The fourth-order valence-electron chi connectivity index (χ4n) is 1.06. The summed E-state index contributed by atoms with van der Waals surface area (Å²) in [6.45, 7) is 2.18. The van der Waals surface area contributed by atoms with Crippen molar-refractivity contribution in [3.63, 3.8) is 0 Å². The second kappa shape index (κ2) is 16.6. The van der Waals surface area contributed by atoms with Crippen LogP contribution in [-0.2, 0) is 18.9 Å². The molecule has 0 aromatic heterocycles. The highest BCUT2D eigenvalue weighted by molar-refractivity contribution is 7.78. The van der Waals surface area contributed by atoms with Gasteiger partial charge in [0.1, 0.15) is 6.04 Å². The van der Waals surface area contributed by atoms with Crippen molar-refractivity contribution in [1.82, 2.24) is 0 Å². The summed E-state index contributed by atoms with van der Waals surface area (Å²) in [5, 5.41) is 2.29. The number of isothiocyanates is 1. The van der Waals surface area contributed by atoms with E-state index in [-0.39, 0.29) is 12.1 Å². The highest BCUT2D eigenvalue weighted by Crippen LogP contribution is 1.90. The van der Waals surface area contributed by atoms with Gasteiger partial charge in [-0.15, -0.1) is 0 Å². The summed E-state index contributed by atoms with van der Waals surface area (Å²) in [6, 6.07) is 0.0116. The molecule has 0 spiro atoms. The number of nitrogens with zero attached hydrogens (tertiary/aromatic N) is 1. The van der Waals surface area contributed by atoms with Gasteiger partial charge in [-0.2, -0.15) is 0 Å². The minimum absolute atomic E-state index is 0.00694. The van der Waals surface area contributed by atoms with Crippen LogP contribution in [0, 0.1) is 0 Å². The van der Waals surface area contributed by atoms with E-state index in [2.05, 4.69) is 22.4 Å². The number of ether oxygens (including phenoxy) is 4. The SMILES string of the molecule is COCC(COC)N=C=S.COCC(N)COC. The summed E-state index contributed by atoms with van der Waals surface area (Å²) in [7, 11) is 6.47. The van der Waals surface area contributed by atoms with Crippen LogP contribution in [-0.4, -0.2) is 72.1 Å². The number of thiocarbonyl (C=S) groups is 1. The Hall–Kier alpha value is -0.400. The molecule has 0 atom stereocenters. The lowest BCUT2D eigenvalue weighted by atomic mass is 10.3. The van der Waals surface area contributed by atoms with Crippen molar-refractivity contribution in [3.05, 3.63) is 0 Å². The Morgan fingerprint density at radius 3 is 1.61 bits per heavy atom. The van der Waals surface area contributed by atoms with E-state index in [1.54, 1.807) is 28.4 Å². The molecule has 18 heavy (non-hydrogen) atoms. The van der Waals surface area contributed by atoms with Gasteiger partial charge in [-0.05, 0) is 12.2 Å². The van der Waals surface area contributed by atoms with Crippen LogP contribution in [0.5, 0.6) is 0 Å². The Balaban J connectivity index is 0. The van der Waals surface area contributed by atoms with E-state index in [0.29, 0.717) is 26.4 Å². The van der Waals surface area contributed by atoms with Crippen LogP contribution >= 0.6 is 12.2 Å². The maximum atomic E-state index is 5.44. The van der Waals surface area contributed by atoms with Crippen molar-refractivity contribution in [3.8, 4) is 0 Å². The molecule has 108 valence electrons. The average Bonchev–Trinajstić information content (AvgIpc) is 2.31. The predicted molar refractivity (Wildman–Crippen MR) is 74.3 cm³/mol. The molecule has 0 aliphatic carbocycles. The van der Waals surface area contributed by atoms with E-state index in [4.69, 9.17) is 24.7 Å². The Labute approximate surface area is 114 Å². The largest absolute Gasteiger partial charge is 0.383 e. The van der Waals surface area contributed by atoms with Gasteiger partial charge < -0.3 is 24.7 Å². The van der Waals surface area contributed by atoms with Crippen molar-refractivity contribution in [2.24, 2.45) is 10.7 Å². The monoisotopic (exact) mass is 280 g/mol. The van der Waals surface area contributed by atoms with Crippen LogP contribution in [0.25, 0.3) is 0 Å². The molecule has 0 bridgehead atoms. The van der Waals surface area contributed by atoms with E-state index in [1.807, 2.05) is 0 Å². The third-order valence-electron chi connectivity index (χ3n) is 1.71. The average molecular weight is 280 g/mol. The minimum Gasteiger partial charge on any atom is -0.383 e. The summed E-state index contributed by atoms with van der Waals surface area (Å²) in [4.78, 5) is 3.82. The minimum atomic E-state index is -0.00694. The maximum Gasteiger partial charge on any atom is 0.107 e. The Kier molecular flexibility index (Phi) is 18.4. The number of hydrogen-bond donors (Lipinski definition) is 1. The molecular formula is C11H24N2O4S. The lowest BCUT2D eigenvalue weighted by Crippen LogP contribution is -2.30. The van der Waals surface area contributed by atoms with E-state index in [1.165, 1.54) is 0 Å². The fraction of sp³-hybridized carbons (Fsp3) is 0.909. The topological polar surface area (TPSA) is 75.3 Å². The molecule has 0 saturated carbocycles. The number of aliphatic imine (C=N–C) groups is 1. The summed E-state index contributed by atoms with van der Waals surface area (Å²) in [5.74, 6) is 0. The van der Waals surface area contributed by atoms with Gasteiger partial charge in [0.25, 0.3) is 0 Å². The molecule has 2 N–H and O–H groups in total. The summed E-state index contributed by atoms with van der Waals surface area (Å²) in [6.07, 6.45) is 0. The molecule has 0 amide bonds. The highest BCUT2D eigenvalue weighted by atomic mass is 32.1. The summed E-state index contributed by atoms with van der Waals surface area (Å²) >= 11 is 4.43. The lowest BCUT2D eigenvalue weighted by molar-refractivity contribution is 0.119. The quantitative estimate of drug-likeness (QED) is 0.485. The maximum absolute atomic E-state index is 5.44. The van der Waals surface area contributed by atoms with E-state index in [9.17, 15) is 0 Å².